The lowest BCUT2D eigenvalue weighted by molar-refractivity contribution is -0.121. The summed E-state index contributed by atoms with van der Waals surface area (Å²) >= 11 is 1.61. The molecule has 158 valence electrons. The summed E-state index contributed by atoms with van der Waals surface area (Å²) in [5, 5.41) is 5.63. The first-order valence-corrected chi connectivity index (χ1v) is 11.2. The molecule has 1 saturated heterocycles. The van der Waals surface area contributed by atoms with Gasteiger partial charge in [-0.15, -0.1) is 11.8 Å². The summed E-state index contributed by atoms with van der Waals surface area (Å²) < 4.78 is 5.83. The first kappa shape index (κ1) is 20.9. The highest BCUT2D eigenvalue weighted by Crippen LogP contribution is 2.33. The molecule has 4 rings (SSSR count). The quantitative estimate of drug-likeness (QED) is 0.615. The maximum absolute atomic E-state index is 12.8. The lowest BCUT2D eigenvalue weighted by Crippen LogP contribution is -2.44. The summed E-state index contributed by atoms with van der Waals surface area (Å²) in [6.45, 7) is 0.373. The molecule has 6 nitrogen and oxygen atoms in total. The zero-order valence-corrected chi connectivity index (χ0v) is 17.7. The normalized spacial score (nSPS) is 18.5. The predicted octanol–water partition coefficient (Wildman–Crippen LogP) is 3.97. The summed E-state index contributed by atoms with van der Waals surface area (Å²) in [5.41, 5.74) is 1.30. The monoisotopic (exact) mass is 433 g/mol. The van der Waals surface area contributed by atoms with Crippen molar-refractivity contribution in [3.63, 3.8) is 0 Å². The van der Waals surface area contributed by atoms with Crippen molar-refractivity contribution in [2.24, 2.45) is 0 Å². The topological polar surface area (TPSA) is 80.3 Å². The van der Waals surface area contributed by atoms with Crippen LogP contribution in [-0.2, 0) is 4.79 Å². The minimum absolute atomic E-state index is 0.0451. The van der Waals surface area contributed by atoms with E-state index in [0.717, 1.165) is 29.2 Å². The number of carbonyl (C=O) groups excluding carboxylic acids is 2. The molecule has 0 aliphatic carbocycles. The fourth-order valence-corrected chi connectivity index (χ4v) is 4.52. The zero-order chi connectivity index (χ0) is 21.5. The van der Waals surface area contributed by atoms with E-state index in [1.54, 1.807) is 36.2 Å². The van der Waals surface area contributed by atoms with E-state index < -0.39 is 0 Å². The highest BCUT2D eigenvalue weighted by atomic mass is 32.2. The van der Waals surface area contributed by atoms with Crippen molar-refractivity contribution >= 4 is 23.6 Å². The minimum Gasteiger partial charge on any atom is -0.457 e. The molecule has 2 atom stereocenters. The molecule has 0 unspecified atom stereocenters. The Hall–Kier alpha value is -3.32. The first-order valence-electron chi connectivity index (χ1n) is 10.1. The van der Waals surface area contributed by atoms with Crippen molar-refractivity contribution < 1.29 is 14.3 Å². The molecule has 2 N–H and O–H groups in total. The number of hydrogen-bond donors (Lipinski definition) is 2. The number of pyridine rings is 1. The van der Waals surface area contributed by atoms with Crippen LogP contribution in [0.3, 0.4) is 0 Å². The van der Waals surface area contributed by atoms with Crippen LogP contribution in [0.2, 0.25) is 0 Å². The van der Waals surface area contributed by atoms with E-state index >= 15 is 0 Å². The lowest BCUT2D eigenvalue weighted by atomic mass is 10.1. The average Bonchev–Trinajstić information content (AvgIpc) is 3.00. The van der Waals surface area contributed by atoms with Gasteiger partial charge in [-0.3, -0.25) is 14.6 Å². The zero-order valence-electron chi connectivity index (χ0n) is 16.9. The van der Waals surface area contributed by atoms with E-state index in [4.69, 9.17) is 4.74 Å². The maximum atomic E-state index is 12.8. The molecular weight excluding hydrogens is 410 g/mol. The summed E-state index contributed by atoms with van der Waals surface area (Å²) in [7, 11) is 0. The van der Waals surface area contributed by atoms with Crippen molar-refractivity contribution in [3.8, 4) is 11.5 Å². The Bertz CT molecular complexity index is 1010. The van der Waals surface area contributed by atoms with Crippen LogP contribution in [0, 0.1) is 0 Å². The Morgan fingerprint density at radius 3 is 2.52 bits per heavy atom. The molecule has 1 aliphatic heterocycles. The molecule has 1 aliphatic rings. The number of benzene rings is 2. The Morgan fingerprint density at radius 1 is 1.03 bits per heavy atom. The second kappa shape index (κ2) is 10.1. The fraction of sp³-hybridized carbons (Fsp3) is 0.208. The number of aromatic nitrogens is 1. The molecule has 1 aromatic heterocycles. The fourth-order valence-electron chi connectivity index (χ4n) is 3.29. The van der Waals surface area contributed by atoms with Crippen molar-refractivity contribution in [2.75, 3.05) is 12.3 Å². The molecule has 0 saturated carbocycles. The van der Waals surface area contributed by atoms with Crippen LogP contribution in [0.1, 0.15) is 27.7 Å². The minimum atomic E-state index is -0.290. The average molecular weight is 434 g/mol. The summed E-state index contributed by atoms with van der Waals surface area (Å²) in [6.07, 6.45) is 2.37. The van der Waals surface area contributed by atoms with Gasteiger partial charge < -0.3 is 15.4 Å². The number of para-hydroxylation sites is 1. The second-order valence-corrected chi connectivity index (χ2v) is 8.37. The molecule has 2 aromatic carbocycles. The Morgan fingerprint density at radius 2 is 1.77 bits per heavy atom. The number of nitrogens with zero attached hydrogens (tertiary/aromatic N) is 1. The number of thioether (sulfide) groups is 1. The number of nitrogens with one attached hydrogen (secondary N) is 2. The van der Waals surface area contributed by atoms with E-state index in [2.05, 4.69) is 15.6 Å². The third kappa shape index (κ3) is 5.64. The highest BCUT2D eigenvalue weighted by Gasteiger charge is 2.27. The van der Waals surface area contributed by atoms with Crippen LogP contribution in [-0.4, -0.2) is 35.1 Å². The van der Waals surface area contributed by atoms with Crippen LogP contribution in [0.5, 0.6) is 11.5 Å². The molecule has 0 bridgehead atoms. The van der Waals surface area contributed by atoms with Gasteiger partial charge in [0, 0.05) is 18.8 Å². The smallest absolute Gasteiger partial charge is 0.269 e. The number of ether oxygens (including phenoxy) is 1. The SMILES string of the molecule is O=C(NC[C@@H]1CCS[C@H](c2ccc(Oc3ccccc3)cc2)C(=O)N1)c1ccccn1. The number of amides is 2. The lowest BCUT2D eigenvalue weighted by Gasteiger charge is -2.18. The van der Waals surface area contributed by atoms with Gasteiger partial charge in [0.25, 0.3) is 5.91 Å². The van der Waals surface area contributed by atoms with Gasteiger partial charge in [-0.25, -0.2) is 0 Å². The van der Waals surface area contributed by atoms with Gasteiger partial charge in [0.1, 0.15) is 22.4 Å². The van der Waals surface area contributed by atoms with Crippen molar-refractivity contribution in [3.05, 3.63) is 90.3 Å². The molecule has 1 fully saturated rings. The van der Waals surface area contributed by atoms with Crippen molar-refractivity contribution in [1.82, 2.24) is 15.6 Å². The van der Waals surface area contributed by atoms with Gasteiger partial charge >= 0.3 is 0 Å². The predicted molar refractivity (Wildman–Crippen MR) is 121 cm³/mol. The maximum Gasteiger partial charge on any atom is 0.269 e. The van der Waals surface area contributed by atoms with Crippen molar-refractivity contribution in [1.29, 1.82) is 0 Å². The number of hydrogen-bond acceptors (Lipinski definition) is 5. The van der Waals surface area contributed by atoms with Crippen LogP contribution < -0.4 is 15.4 Å². The first-order chi connectivity index (χ1) is 15.2. The van der Waals surface area contributed by atoms with E-state index in [-0.39, 0.29) is 23.1 Å². The van der Waals surface area contributed by atoms with Gasteiger partial charge in [0.15, 0.2) is 0 Å². The van der Waals surface area contributed by atoms with E-state index in [1.807, 2.05) is 54.6 Å². The Labute approximate surface area is 185 Å². The largest absolute Gasteiger partial charge is 0.457 e. The van der Waals surface area contributed by atoms with Crippen LogP contribution in [0.4, 0.5) is 0 Å². The van der Waals surface area contributed by atoms with E-state index in [1.165, 1.54) is 0 Å². The number of carbonyl (C=O) groups is 2. The Kier molecular flexibility index (Phi) is 6.84. The van der Waals surface area contributed by atoms with Gasteiger partial charge in [0.2, 0.25) is 5.91 Å². The summed E-state index contributed by atoms with van der Waals surface area (Å²) in [4.78, 5) is 29.1. The van der Waals surface area contributed by atoms with Gasteiger partial charge in [-0.1, -0.05) is 36.4 Å². The molecule has 2 heterocycles. The highest BCUT2D eigenvalue weighted by molar-refractivity contribution is 8.00. The molecule has 3 aromatic rings. The summed E-state index contributed by atoms with van der Waals surface area (Å²) in [6, 6.07) is 22.3. The van der Waals surface area contributed by atoms with Crippen LogP contribution in [0.25, 0.3) is 0 Å². The van der Waals surface area contributed by atoms with Crippen LogP contribution >= 0.6 is 11.8 Å². The van der Waals surface area contributed by atoms with Gasteiger partial charge in [-0.05, 0) is 54.1 Å². The van der Waals surface area contributed by atoms with Gasteiger partial charge in [0.05, 0.1) is 0 Å². The van der Waals surface area contributed by atoms with E-state index in [0.29, 0.717) is 12.2 Å². The molecule has 0 radical (unpaired) electrons. The third-order valence-corrected chi connectivity index (χ3v) is 6.19. The molecule has 0 spiro atoms. The third-order valence-electron chi connectivity index (χ3n) is 4.90. The van der Waals surface area contributed by atoms with E-state index in [9.17, 15) is 9.59 Å². The molecule has 2 amide bonds. The molecular formula is C24H23N3O3S. The second-order valence-electron chi connectivity index (χ2n) is 7.15. The molecule has 7 heteroatoms. The van der Waals surface area contributed by atoms with Crippen LogP contribution in [0.15, 0.2) is 79.0 Å². The summed E-state index contributed by atoms with van der Waals surface area (Å²) in [5.74, 6) is 2.03. The van der Waals surface area contributed by atoms with Crippen molar-refractivity contribution in [2.45, 2.75) is 17.7 Å². The molecule has 31 heavy (non-hydrogen) atoms. The Balaban J connectivity index is 1.33. The van der Waals surface area contributed by atoms with Gasteiger partial charge in [-0.2, -0.15) is 0 Å². The number of rotatable bonds is 6. The standard InChI is InChI=1S/C24H23N3O3S/c28-23(21-8-4-5-14-25-21)26-16-18-13-15-31-22(24(29)27-18)17-9-11-20(12-10-17)30-19-6-2-1-3-7-19/h1-12,14,18,22H,13,15-16H2,(H,26,28)(H,27,29)/t18-,22+/m0/s1.